The number of nitrogens with one attached hydrogen (secondary N) is 2. The second-order valence-corrected chi connectivity index (χ2v) is 9.54. The minimum absolute atomic E-state index is 0.0296. The first-order valence-electron chi connectivity index (χ1n) is 8.42. The van der Waals surface area contributed by atoms with Crippen LogP contribution in [0.4, 0.5) is 19.0 Å². The summed E-state index contributed by atoms with van der Waals surface area (Å²) >= 11 is 0. The number of halogens is 3. The van der Waals surface area contributed by atoms with E-state index in [1.165, 1.54) is 12.3 Å². The van der Waals surface area contributed by atoms with E-state index in [4.69, 9.17) is 0 Å². The third kappa shape index (κ3) is 5.02. The van der Waals surface area contributed by atoms with Crippen LogP contribution in [0.3, 0.4) is 0 Å². The third-order valence-electron chi connectivity index (χ3n) is 4.37. The highest BCUT2D eigenvalue weighted by atomic mass is 32.2. The molecule has 0 spiro atoms. The van der Waals surface area contributed by atoms with E-state index in [-0.39, 0.29) is 18.1 Å². The van der Waals surface area contributed by atoms with E-state index < -0.39 is 26.3 Å². The monoisotopic (exact) mass is 407 g/mol. The first-order valence-corrected chi connectivity index (χ1v) is 10.1. The average Bonchev–Trinajstić information content (AvgIpc) is 2.57. The van der Waals surface area contributed by atoms with Crippen LogP contribution in [0, 0.1) is 0 Å². The topological polar surface area (TPSA) is 86.7 Å². The van der Waals surface area contributed by atoms with Crippen LogP contribution in [0.5, 0.6) is 0 Å². The molecule has 7 nitrogen and oxygen atoms in total. The Bertz CT molecular complexity index is 793. The maximum Gasteiger partial charge on any atom is 0.419 e. The fourth-order valence-electron chi connectivity index (χ4n) is 2.79. The fraction of sp³-hybridized carbons (Fsp3) is 0.625. The van der Waals surface area contributed by atoms with Crippen LogP contribution in [0.1, 0.15) is 19.4 Å². The molecule has 1 fully saturated rings. The van der Waals surface area contributed by atoms with Crippen LogP contribution in [-0.2, 0) is 16.0 Å². The van der Waals surface area contributed by atoms with E-state index in [1.54, 1.807) is 20.9 Å². The van der Waals surface area contributed by atoms with Crippen LogP contribution >= 0.6 is 0 Å². The van der Waals surface area contributed by atoms with E-state index in [0.29, 0.717) is 25.6 Å². The van der Waals surface area contributed by atoms with Crippen molar-refractivity contribution in [3.05, 3.63) is 23.9 Å². The highest BCUT2D eigenvalue weighted by Gasteiger charge is 2.41. The van der Waals surface area contributed by atoms with Crippen molar-refractivity contribution in [2.45, 2.75) is 24.8 Å². The number of hydrogen-bond donors (Lipinski definition) is 2. The smallest absolute Gasteiger partial charge is 0.368 e. The minimum atomic E-state index is -4.48. The van der Waals surface area contributed by atoms with Gasteiger partial charge in [-0.1, -0.05) is 0 Å². The molecule has 1 aromatic heterocycles. The van der Waals surface area contributed by atoms with Crippen LogP contribution < -0.4 is 10.6 Å². The van der Waals surface area contributed by atoms with Crippen molar-refractivity contribution in [1.29, 1.82) is 0 Å². The summed E-state index contributed by atoms with van der Waals surface area (Å²) in [5, 5.41) is 5.71. The quantitative estimate of drug-likeness (QED) is 0.448. The van der Waals surface area contributed by atoms with Crippen LogP contribution in [0.25, 0.3) is 0 Å². The number of alkyl halides is 3. The fourth-order valence-corrected chi connectivity index (χ4v) is 4.15. The summed E-state index contributed by atoms with van der Waals surface area (Å²) in [5.41, 5.74) is -0.822. The Hall–Kier alpha value is -2.04. The number of aliphatic imine (C=N–C) groups is 1. The van der Waals surface area contributed by atoms with Gasteiger partial charge in [0.1, 0.15) is 5.82 Å². The molecule has 2 rings (SSSR count). The lowest BCUT2D eigenvalue weighted by Crippen LogP contribution is -2.57. The summed E-state index contributed by atoms with van der Waals surface area (Å²) in [5.74, 6) is 0.311. The molecule has 1 aromatic rings. The Morgan fingerprint density at radius 2 is 2.07 bits per heavy atom. The lowest BCUT2D eigenvalue weighted by atomic mass is 10.2. The van der Waals surface area contributed by atoms with Crippen molar-refractivity contribution in [3.63, 3.8) is 0 Å². The molecule has 27 heavy (non-hydrogen) atoms. The van der Waals surface area contributed by atoms with Gasteiger partial charge in [-0.15, -0.1) is 0 Å². The molecule has 2 heterocycles. The van der Waals surface area contributed by atoms with Gasteiger partial charge in [-0.05, 0) is 26.0 Å². The van der Waals surface area contributed by atoms with E-state index in [9.17, 15) is 21.6 Å². The summed E-state index contributed by atoms with van der Waals surface area (Å²) in [6.07, 6.45) is -3.19. The van der Waals surface area contributed by atoms with Gasteiger partial charge in [0, 0.05) is 39.4 Å². The molecule has 0 aliphatic carbocycles. The largest absolute Gasteiger partial charge is 0.419 e. The van der Waals surface area contributed by atoms with Gasteiger partial charge >= 0.3 is 6.18 Å². The van der Waals surface area contributed by atoms with Crippen LogP contribution in [0.15, 0.2) is 23.3 Å². The van der Waals surface area contributed by atoms with Gasteiger partial charge in [-0.2, -0.15) is 13.2 Å². The molecule has 2 N–H and O–H groups in total. The molecule has 1 saturated heterocycles. The van der Waals surface area contributed by atoms with Crippen molar-refractivity contribution < 1.29 is 21.6 Å². The van der Waals surface area contributed by atoms with E-state index in [0.717, 1.165) is 6.07 Å². The normalized spacial score (nSPS) is 19.6. The van der Waals surface area contributed by atoms with Gasteiger partial charge in [-0.3, -0.25) is 4.99 Å². The van der Waals surface area contributed by atoms with Crippen LogP contribution in [0.2, 0.25) is 0 Å². The van der Waals surface area contributed by atoms with E-state index in [2.05, 4.69) is 20.6 Å². The van der Waals surface area contributed by atoms with E-state index >= 15 is 0 Å². The molecular formula is C16H24F3N5O2S. The first kappa shape index (κ1) is 21.3. The Morgan fingerprint density at radius 3 is 2.67 bits per heavy atom. The molecular weight excluding hydrogens is 383 g/mol. The van der Waals surface area contributed by atoms with Crippen molar-refractivity contribution in [2.75, 3.05) is 44.3 Å². The van der Waals surface area contributed by atoms with Gasteiger partial charge in [0.05, 0.1) is 16.1 Å². The molecule has 0 atom stereocenters. The summed E-state index contributed by atoms with van der Waals surface area (Å²) < 4.78 is 62.1. The first-order chi connectivity index (χ1) is 12.5. The summed E-state index contributed by atoms with van der Waals surface area (Å²) in [6.45, 7) is 4.43. The molecule has 0 unspecified atom stereocenters. The number of aromatic nitrogens is 1. The molecule has 0 aromatic carbocycles. The lowest BCUT2D eigenvalue weighted by Gasteiger charge is -2.39. The second-order valence-electron chi connectivity index (χ2n) is 6.80. The predicted octanol–water partition coefficient (Wildman–Crippen LogP) is 1.60. The summed E-state index contributed by atoms with van der Waals surface area (Å²) in [7, 11) is -1.59. The SMILES string of the molecule is CN=C(NCCNc1ncccc1C(F)(F)F)N1CCS(=O)(=O)C(C)(C)C1. The minimum Gasteiger partial charge on any atom is -0.368 e. The van der Waals surface area contributed by atoms with Crippen molar-refractivity contribution in [3.8, 4) is 0 Å². The number of sulfone groups is 1. The van der Waals surface area contributed by atoms with Gasteiger partial charge in [0.25, 0.3) is 0 Å². The molecule has 0 saturated carbocycles. The van der Waals surface area contributed by atoms with Gasteiger partial charge in [0.2, 0.25) is 0 Å². The van der Waals surface area contributed by atoms with Crippen molar-refractivity contribution in [1.82, 2.24) is 15.2 Å². The van der Waals surface area contributed by atoms with Crippen molar-refractivity contribution in [2.24, 2.45) is 4.99 Å². The number of guanidine groups is 1. The molecule has 1 aliphatic heterocycles. The van der Waals surface area contributed by atoms with Crippen LogP contribution in [-0.4, -0.2) is 68.0 Å². The number of hydrogen-bond acceptors (Lipinski definition) is 5. The summed E-state index contributed by atoms with van der Waals surface area (Å²) in [4.78, 5) is 9.72. The number of pyridine rings is 1. The highest BCUT2D eigenvalue weighted by Crippen LogP contribution is 2.33. The number of nitrogens with zero attached hydrogens (tertiary/aromatic N) is 3. The van der Waals surface area contributed by atoms with E-state index in [1.807, 2.05) is 4.90 Å². The number of rotatable bonds is 4. The Labute approximate surface area is 157 Å². The van der Waals surface area contributed by atoms with Gasteiger partial charge in [-0.25, -0.2) is 13.4 Å². The molecule has 0 bridgehead atoms. The molecule has 152 valence electrons. The maximum absolute atomic E-state index is 12.9. The Balaban J connectivity index is 1.92. The lowest BCUT2D eigenvalue weighted by molar-refractivity contribution is -0.137. The third-order valence-corrected chi connectivity index (χ3v) is 6.90. The average molecular weight is 407 g/mol. The molecule has 11 heteroatoms. The molecule has 0 amide bonds. The standard InChI is InChI=1S/C16H24F3N5O2S/c1-15(2)11-24(9-10-27(15,25)26)14(20-3)23-8-7-22-13-12(16(17,18)19)5-4-6-21-13/h4-6H,7-11H2,1-3H3,(H,20,23)(H,21,22). The Morgan fingerprint density at radius 1 is 1.37 bits per heavy atom. The van der Waals surface area contributed by atoms with Gasteiger partial charge in [0.15, 0.2) is 15.8 Å². The predicted molar refractivity (Wildman–Crippen MR) is 98.5 cm³/mol. The zero-order chi connectivity index (χ0) is 20.3. The zero-order valence-electron chi connectivity index (χ0n) is 15.5. The zero-order valence-corrected chi connectivity index (χ0v) is 16.3. The highest BCUT2D eigenvalue weighted by molar-refractivity contribution is 7.92. The Kier molecular flexibility index (Phi) is 6.23. The number of anilines is 1. The summed E-state index contributed by atoms with van der Waals surface area (Å²) in [6, 6.07) is 2.21. The van der Waals surface area contributed by atoms with Crippen molar-refractivity contribution >= 4 is 21.6 Å². The molecule has 0 radical (unpaired) electrons. The molecule has 1 aliphatic rings. The van der Waals surface area contributed by atoms with Gasteiger partial charge < -0.3 is 15.5 Å². The second kappa shape index (κ2) is 7.91. The maximum atomic E-state index is 12.9.